The van der Waals surface area contributed by atoms with Gasteiger partial charge in [-0.3, -0.25) is 4.79 Å². The van der Waals surface area contributed by atoms with Crippen molar-refractivity contribution in [3.8, 4) is 0 Å². The van der Waals surface area contributed by atoms with E-state index >= 15 is 0 Å². The van der Waals surface area contributed by atoms with Crippen molar-refractivity contribution in [2.45, 2.75) is 58.2 Å². The number of amides is 1. The molecule has 0 aliphatic carbocycles. The van der Waals surface area contributed by atoms with E-state index in [1.807, 2.05) is 49.1 Å². The van der Waals surface area contributed by atoms with Gasteiger partial charge >= 0.3 is 0 Å². The van der Waals surface area contributed by atoms with Gasteiger partial charge in [-0.2, -0.15) is 0 Å². The molecular weight excluding hydrogens is 324 g/mol. The summed E-state index contributed by atoms with van der Waals surface area (Å²) in [4.78, 5) is 14.4. The SMILES string of the molecule is CC1CCCC(C)N1C(=O)CCS(=O)(=O)N(C)Cc1ccccc1. The van der Waals surface area contributed by atoms with Crippen molar-refractivity contribution in [2.24, 2.45) is 0 Å². The molecule has 1 saturated heterocycles. The van der Waals surface area contributed by atoms with Crippen molar-refractivity contribution >= 4 is 15.9 Å². The lowest BCUT2D eigenvalue weighted by atomic mass is 9.97. The summed E-state index contributed by atoms with van der Waals surface area (Å²) >= 11 is 0. The second-order valence-electron chi connectivity index (χ2n) is 6.74. The van der Waals surface area contributed by atoms with Crippen molar-refractivity contribution in [3.05, 3.63) is 35.9 Å². The van der Waals surface area contributed by atoms with Crippen molar-refractivity contribution in [3.63, 3.8) is 0 Å². The highest BCUT2D eigenvalue weighted by molar-refractivity contribution is 7.89. The standard InChI is InChI=1S/C18H28N2O3S/c1-15-8-7-9-16(2)20(15)18(21)12-13-24(22,23)19(3)14-17-10-5-4-6-11-17/h4-6,10-11,15-16H,7-9,12-14H2,1-3H3. The number of likely N-dealkylation sites (tertiary alicyclic amines) is 1. The average Bonchev–Trinajstić information content (AvgIpc) is 2.54. The van der Waals surface area contributed by atoms with Gasteiger partial charge in [-0.1, -0.05) is 30.3 Å². The van der Waals surface area contributed by atoms with Crippen LogP contribution in [0.15, 0.2) is 30.3 Å². The molecule has 2 unspecified atom stereocenters. The summed E-state index contributed by atoms with van der Waals surface area (Å²) in [6, 6.07) is 9.87. The zero-order valence-electron chi connectivity index (χ0n) is 14.8. The first-order valence-corrected chi connectivity index (χ1v) is 10.2. The monoisotopic (exact) mass is 352 g/mol. The Balaban J connectivity index is 1.92. The maximum Gasteiger partial charge on any atom is 0.224 e. The molecule has 0 N–H and O–H groups in total. The summed E-state index contributed by atoms with van der Waals surface area (Å²) in [5, 5.41) is 0. The Labute approximate surface area is 145 Å². The largest absolute Gasteiger partial charge is 0.337 e. The van der Waals surface area contributed by atoms with Crippen LogP contribution in [-0.4, -0.2) is 48.4 Å². The number of carbonyl (C=O) groups is 1. The van der Waals surface area contributed by atoms with Crippen LogP contribution in [0.25, 0.3) is 0 Å². The first-order valence-electron chi connectivity index (χ1n) is 8.60. The number of piperidine rings is 1. The lowest BCUT2D eigenvalue weighted by Gasteiger charge is -2.39. The van der Waals surface area contributed by atoms with Gasteiger partial charge in [0.25, 0.3) is 0 Å². The fourth-order valence-corrected chi connectivity index (χ4v) is 4.44. The quantitative estimate of drug-likeness (QED) is 0.791. The highest BCUT2D eigenvalue weighted by Crippen LogP contribution is 2.23. The first kappa shape index (κ1) is 18.9. The number of hydrogen-bond acceptors (Lipinski definition) is 3. The number of carbonyl (C=O) groups excluding carboxylic acids is 1. The van der Waals surface area contributed by atoms with Crippen LogP contribution < -0.4 is 0 Å². The van der Waals surface area contributed by atoms with Crippen molar-refractivity contribution in [1.29, 1.82) is 0 Å². The summed E-state index contributed by atoms with van der Waals surface area (Å²) in [6.45, 7) is 4.42. The number of sulfonamides is 1. The molecule has 1 aliphatic heterocycles. The molecule has 2 rings (SSSR count). The molecule has 1 aromatic carbocycles. The molecule has 5 nitrogen and oxygen atoms in total. The maximum atomic E-state index is 12.5. The molecule has 0 bridgehead atoms. The third-order valence-electron chi connectivity index (χ3n) is 4.78. The normalized spacial score (nSPS) is 21.9. The zero-order chi connectivity index (χ0) is 17.7. The Morgan fingerprint density at radius 3 is 2.33 bits per heavy atom. The van der Waals surface area contributed by atoms with Crippen molar-refractivity contribution in [2.75, 3.05) is 12.8 Å². The van der Waals surface area contributed by atoms with E-state index in [2.05, 4.69) is 0 Å². The van der Waals surface area contributed by atoms with Crippen molar-refractivity contribution < 1.29 is 13.2 Å². The zero-order valence-corrected chi connectivity index (χ0v) is 15.6. The van der Waals surface area contributed by atoms with E-state index in [1.54, 1.807) is 7.05 Å². The molecule has 0 saturated carbocycles. The minimum absolute atomic E-state index is 0.0496. The van der Waals surface area contributed by atoms with Crippen LogP contribution in [0.3, 0.4) is 0 Å². The summed E-state index contributed by atoms with van der Waals surface area (Å²) in [5.41, 5.74) is 0.938. The second kappa shape index (κ2) is 8.12. The van der Waals surface area contributed by atoms with Gasteiger partial charge in [0.2, 0.25) is 15.9 Å². The van der Waals surface area contributed by atoms with E-state index in [0.717, 1.165) is 24.8 Å². The fraction of sp³-hybridized carbons (Fsp3) is 0.611. The highest BCUT2D eigenvalue weighted by atomic mass is 32.2. The highest BCUT2D eigenvalue weighted by Gasteiger charge is 2.30. The van der Waals surface area contributed by atoms with Crippen LogP contribution in [-0.2, 0) is 21.4 Å². The Hall–Kier alpha value is -1.40. The third-order valence-corrected chi connectivity index (χ3v) is 6.58. The van der Waals surface area contributed by atoms with E-state index in [9.17, 15) is 13.2 Å². The number of rotatable bonds is 6. The van der Waals surface area contributed by atoms with Gasteiger partial charge in [0.15, 0.2) is 0 Å². The van der Waals surface area contributed by atoms with Crippen LogP contribution in [0, 0.1) is 0 Å². The summed E-state index contributed by atoms with van der Waals surface area (Å²) in [6.07, 6.45) is 3.17. The van der Waals surface area contributed by atoms with Gasteiger partial charge in [-0.05, 0) is 38.7 Å². The lowest BCUT2D eigenvalue weighted by Crippen LogP contribution is -2.48. The molecule has 6 heteroatoms. The molecule has 0 radical (unpaired) electrons. The molecule has 1 aromatic rings. The van der Waals surface area contributed by atoms with Gasteiger partial charge < -0.3 is 4.90 Å². The average molecular weight is 353 g/mol. The van der Waals surface area contributed by atoms with Crippen LogP contribution in [0.2, 0.25) is 0 Å². The van der Waals surface area contributed by atoms with E-state index in [0.29, 0.717) is 6.54 Å². The molecule has 1 heterocycles. The van der Waals surface area contributed by atoms with E-state index in [1.165, 1.54) is 4.31 Å². The van der Waals surface area contributed by atoms with Gasteiger partial charge in [0.1, 0.15) is 0 Å². The smallest absolute Gasteiger partial charge is 0.224 e. The topological polar surface area (TPSA) is 57.7 Å². The van der Waals surface area contributed by atoms with Gasteiger partial charge in [-0.25, -0.2) is 12.7 Å². The van der Waals surface area contributed by atoms with Gasteiger partial charge in [0.05, 0.1) is 5.75 Å². The summed E-state index contributed by atoms with van der Waals surface area (Å²) in [7, 11) is -1.87. The number of nitrogens with zero attached hydrogens (tertiary/aromatic N) is 2. The van der Waals surface area contributed by atoms with Crippen LogP contribution >= 0.6 is 0 Å². The summed E-state index contributed by atoms with van der Waals surface area (Å²) in [5.74, 6) is -0.183. The van der Waals surface area contributed by atoms with Crippen LogP contribution in [0.1, 0.15) is 45.1 Å². The van der Waals surface area contributed by atoms with E-state index < -0.39 is 10.0 Å². The van der Waals surface area contributed by atoms with Crippen molar-refractivity contribution in [1.82, 2.24) is 9.21 Å². The van der Waals surface area contributed by atoms with Crippen LogP contribution in [0.4, 0.5) is 0 Å². The predicted molar refractivity (Wildman–Crippen MR) is 95.9 cm³/mol. The summed E-state index contributed by atoms with van der Waals surface area (Å²) < 4.78 is 26.2. The minimum atomic E-state index is -3.44. The van der Waals surface area contributed by atoms with E-state index in [-0.39, 0.29) is 30.2 Å². The predicted octanol–water partition coefficient (Wildman–Crippen LogP) is 2.63. The molecular formula is C18H28N2O3S. The Morgan fingerprint density at radius 1 is 1.17 bits per heavy atom. The third kappa shape index (κ3) is 4.80. The Morgan fingerprint density at radius 2 is 1.75 bits per heavy atom. The van der Waals surface area contributed by atoms with E-state index in [4.69, 9.17) is 0 Å². The molecule has 2 atom stereocenters. The molecule has 0 aromatic heterocycles. The molecule has 24 heavy (non-hydrogen) atoms. The van der Waals surface area contributed by atoms with Gasteiger partial charge in [0, 0.05) is 32.1 Å². The maximum absolute atomic E-state index is 12.5. The van der Waals surface area contributed by atoms with Crippen LogP contribution in [0.5, 0.6) is 0 Å². The number of hydrogen-bond donors (Lipinski definition) is 0. The minimum Gasteiger partial charge on any atom is -0.337 e. The lowest BCUT2D eigenvalue weighted by molar-refractivity contribution is -0.136. The van der Waals surface area contributed by atoms with Gasteiger partial charge in [-0.15, -0.1) is 0 Å². The number of benzene rings is 1. The molecule has 134 valence electrons. The molecule has 0 spiro atoms. The Bertz CT molecular complexity index is 635. The fourth-order valence-electron chi connectivity index (χ4n) is 3.35. The first-order chi connectivity index (χ1) is 11.3. The molecule has 1 amide bonds. The molecule has 1 aliphatic rings. The Kier molecular flexibility index (Phi) is 6.40. The second-order valence-corrected chi connectivity index (χ2v) is 8.93. The molecule has 1 fully saturated rings.